The van der Waals surface area contributed by atoms with Gasteiger partial charge in [-0.25, -0.2) is 13.2 Å². The first-order valence-electron chi connectivity index (χ1n) is 9.68. The summed E-state index contributed by atoms with van der Waals surface area (Å²) in [6, 6.07) is 11.4. The maximum atomic E-state index is 12.8. The van der Waals surface area contributed by atoms with E-state index in [1.165, 1.54) is 26.4 Å². The lowest BCUT2D eigenvalue weighted by Crippen LogP contribution is -2.31. The predicted octanol–water partition coefficient (Wildman–Crippen LogP) is 2.92. The van der Waals surface area contributed by atoms with Gasteiger partial charge in [0.1, 0.15) is 16.4 Å². The molecule has 0 heterocycles. The number of likely N-dealkylation sites (N-methyl/N-ethyl adjacent to an activating group) is 1. The van der Waals surface area contributed by atoms with Gasteiger partial charge in [0.25, 0.3) is 10.0 Å². The van der Waals surface area contributed by atoms with Crippen molar-refractivity contribution in [3.63, 3.8) is 0 Å². The van der Waals surface area contributed by atoms with E-state index in [1.807, 2.05) is 0 Å². The Morgan fingerprint density at radius 1 is 1.03 bits per heavy atom. The topological polar surface area (TPSA) is 131 Å². The second-order valence-corrected chi connectivity index (χ2v) is 8.81. The minimum Gasteiger partial charge on any atom is -0.497 e. The Bertz CT molecular complexity index is 1150. The van der Waals surface area contributed by atoms with Gasteiger partial charge in [0.2, 0.25) is 5.91 Å². The van der Waals surface area contributed by atoms with Gasteiger partial charge in [-0.05, 0) is 42.7 Å². The van der Waals surface area contributed by atoms with Crippen molar-refractivity contribution < 1.29 is 45.8 Å². The largest absolute Gasteiger partial charge is 0.497 e. The molecule has 186 valence electrons. The number of anilines is 1. The second-order valence-electron chi connectivity index (χ2n) is 7.16. The molecule has 2 aromatic carbocycles. The van der Waals surface area contributed by atoms with Crippen molar-refractivity contribution in [3.05, 3.63) is 48.0 Å². The summed E-state index contributed by atoms with van der Waals surface area (Å²) in [6.07, 6.45) is -3.50. The van der Waals surface area contributed by atoms with E-state index in [1.54, 1.807) is 37.4 Å². The zero-order chi connectivity index (χ0) is 25.7. The summed E-state index contributed by atoms with van der Waals surface area (Å²) in [7, 11) is 0.610. The summed E-state index contributed by atoms with van der Waals surface area (Å²) in [5, 5.41) is 9.81. The van der Waals surface area contributed by atoms with Gasteiger partial charge in [0.15, 0.2) is 0 Å². The highest BCUT2D eigenvalue weighted by Crippen LogP contribution is 2.48. The molecule has 1 aliphatic rings. The van der Waals surface area contributed by atoms with Crippen molar-refractivity contribution in [3.8, 4) is 11.5 Å². The molecule has 1 aliphatic carbocycles. The van der Waals surface area contributed by atoms with Gasteiger partial charge in [-0.1, -0.05) is 12.1 Å². The number of amides is 1. The van der Waals surface area contributed by atoms with Crippen LogP contribution in [0.15, 0.2) is 47.4 Å². The number of carbonyl (C=O) groups is 2. The fourth-order valence-corrected chi connectivity index (χ4v) is 4.32. The number of carboxylic acids is 1. The molecule has 1 fully saturated rings. The molecule has 0 aliphatic heterocycles. The molecule has 0 spiro atoms. The van der Waals surface area contributed by atoms with E-state index in [4.69, 9.17) is 19.4 Å². The summed E-state index contributed by atoms with van der Waals surface area (Å²) < 4.78 is 70.1. The molecule has 1 amide bonds. The van der Waals surface area contributed by atoms with Crippen LogP contribution in [0, 0.1) is 0 Å². The third-order valence-corrected chi connectivity index (χ3v) is 6.41. The van der Waals surface area contributed by atoms with Crippen LogP contribution in [0.25, 0.3) is 0 Å². The number of rotatable bonds is 7. The Hall–Kier alpha value is -3.48. The molecular weight excluding hydrogens is 481 g/mol. The molecule has 0 radical (unpaired) electrons. The number of aliphatic carboxylic acids is 1. The molecule has 2 aromatic rings. The lowest BCUT2D eigenvalue weighted by atomic mass is 9.95. The van der Waals surface area contributed by atoms with Crippen molar-refractivity contribution in [2.75, 3.05) is 26.0 Å². The number of nitrogens with one attached hydrogen (secondary N) is 2. The third kappa shape index (κ3) is 6.10. The van der Waals surface area contributed by atoms with Gasteiger partial charge in [-0.3, -0.25) is 9.52 Å². The highest BCUT2D eigenvalue weighted by atomic mass is 32.2. The van der Waals surface area contributed by atoms with Crippen LogP contribution in [-0.2, 0) is 25.0 Å². The molecule has 9 nitrogen and oxygen atoms in total. The van der Waals surface area contributed by atoms with E-state index in [9.17, 15) is 26.4 Å². The number of halogens is 3. The zero-order valence-electron chi connectivity index (χ0n) is 18.4. The molecule has 13 heteroatoms. The van der Waals surface area contributed by atoms with Gasteiger partial charge in [0, 0.05) is 18.8 Å². The lowest BCUT2D eigenvalue weighted by Gasteiger charge is -2.16. The van der Waals surface area contributed by atoms with Gasteiger partial charge >= 0.3 is 12.1 Å². The van der Waals surface area contributed by atoms with Crippen molar-refractivity contribution in [1.29, 1.82) is 0 Å². The number of alkyl halides is 3. The van der Waals surface area contributed by atoms with E-state index in [2.05, 4.69) is 10.0 Å². The summed E-state index contributed by atoms with van der Waals surface area (Å²) in [6.45, 7) is 0. The van der Waals surface area contributed by atoms with E-state index in [0.717, 1.165) is 18.4 Å². The van der Waals surface area contributed by atoms with Crippen molar-refractivity contribution in [1.82, 2.24) is 5.32 Å². The summed E-state index contributed by atoms with van der Waals surface area (Å²) >= 11 is 0. The number of ether oxygens (including phenoxy) is 2. The van der Waals surface area contributed by atoms with E-state index >= 15 is 0 Å². The highest BCUT2D eigenvalue weighted by molar-refractivity contribution is 7.92. The Balaban J connectivity index is 0.000000509. The van der Waals surface area contributed by atoms with Crippen LogP contribution in [0.3, 0.4) is 0 Å². The molecule has 3 rings (SSSR count). The molecule has 34 heavy (non-hydrogen) atoms. The standard InChI is InChI=1S/C19H22N2O5S.C2HF3O2/c1-20-18(22)19(10-11-19)13-4-6-14(7-5-13)21-27(23,24)17-12-15(25-2)8-9-16(17)26-3;3-2(4,5)1(6)7/h4-9,12,21H,10-11H2,1-3H3,(H,20,22);(H,6,7). The molecule has 0 bridgehead atoms. The van der Waals surface area contributed by atoms with Crippen LogP contribution in [-0.4, -0.2) is 52.8 Å². The van der Waals surface area contributed by atoms with Crippen LogP contribution < -0.4 is 19.5 Å². The predicted molar refractivity (Wildman–Crippen MR) is 115 cm³/mol. The smallest absolute Gasteiger partial charge is 0.490 e. The summed E-state index contributed by atoms with van der Waals surface area (Å²) in [5.74, 6) is -2.14. The van der Waals surface area contributed by atoms with Gasteiger partial charge in [0.05, 0.1) is 19.6 Å². The zero-order valence-corrected chi connectivity index (χ0v) is 19.2. The van der Waals surface area contributed by atoms with Crippen LogP contribution in [0.4, 0.5) is 18.9 Å². The van der Waals surface area contributed by atoms with E-state index in [-0.39, 0.29) is 16.6 Å². The molecule has 0 aromatic heterocycles. The number of benzene rings is 2. The summed E-state index contributed by atoms with van der Waals surface area (Å²) in [4.78, 5) is 21.0. The quantitative estimate of drug-likeness (QED) is 0.528. The molecule has 1 saturated carbocycles. The average molecular weight is 504 g/mol. The number of carbonyl (C=O) groups excluding carboxylic acids is 1. The number of hydrogen-bond donors (Lipinski definition) is 3. The number of sulfonamides is 1. The lowest BCUT2D eigenvalue weighted by molar-refractivity contribution is -0.192. The van der Waals surface area contributed by atoms with Gasteiger partial charge < -0.3 is 19.9 Å². The Morgan fingerprint density at radius 2 is 1.59 bits per heavy atom. The maximum absolute atomic E-state index is 12.8. The first-order chi connectivity index (χ1) is 15.8. The van der Waals surface area contributed by atoms with E-state index in [0.29, 0.717) is 11.4 Å². The molecule has 0 unspecified atom stereocenters. The van der Waals surface area contributed by atoms with Gasteiger partial charge in [-0.15, -0.1) is 0 Å². The van der Waals surface area contributed by atoms with Gasteiger partial charge in [-0.2, -0.15) is 13.2 Å². The number of carboxylic acid groups (broad SMARTS) is 1. The van der Waals surface area contributed by atoms with Crippen molar-refractivity contribution in [2.45, 2.75) is 29.3 Å². The SMILES string of the molecule is CNC(=O)C1(c2ccc(NS(=O)(=O)c3cc(OC)ccc3OC)cc2)CC1.O=C(O)C(F)(F)F. The second kappa shape index (κ2) is 10.2. The molecular formula is C21H23F3N2O7S. The molecule has 0 saturated heterocycles. The minimum atomic E-state index is -5.08. The van der Waals surface area contributed by atoms with Crippen molar-refractivity contribution in [2.24, 2.45) is 0 Å². The van der Waals surface area contributed by atoms with Crippen LogP contribution in [0.1, 0.15) is 18.4 Å². The molecule has 0 atom stereocenters. The fraction of sp³-hybridized carbons (Fsp3) is 0.333. The summed E-state index contributed by atoms with van der Waals surface area (Å²) in [5.41, 5.74) is 0.794. The first kappa shape index (κ1) is 26.8. The fourth-order valence-electron chi connectivity index (χ4n) is 3.07. The number of hydrogen-bond acceptors (Lipinski definition) is 6. The number of methoxy groups -OCH3 is 2. The van der Waals surface area contributed by atoms with Crippen LogP contribution in [0.5, 0.6) is 11.5 Å². The van der Waals surface area contributed by atoms with E-state index < -0.39 is 27.6 Å². The first-order valence-corrected chi connectivity index (χ1v) is 11.2. The van der Waals surface area contributed by atoms with Crippen LogP contribution >= 0.6 is 0 Å². The Labute approximate surface area is 193 Å². The maximum Gasteiger partial charge on any atom is 0.490 e. The molecule has 3 N–H and O–H groups in total. The highest BCUT2D eigenvalue weighted by Gasteiger charge is 2.50. The monoisotopic (exact) mass is 504 g/mol. The van der Waals surface area contributed by atoms with Crippen molar-refractivity contribution >= 4 is 27.6 Å². The average Bonchev–Trinajstić information content (AvgIpc) is 3.60. The Kier molecular flexibility index (Phi) is 8.03. The minimum absolute atomic E-state index is 0.0162. The normalized spacial score (nSPS) is 14.2. The van der Waals surface area contributed by atoms with Crippen LogP contribution in [0.2, 0.25) is 0 Å². The third-order valence-electron chi connectivity index (χ3n) is 5.00. The Morgan fingerprint density at radius 3 is 2.00 bits per heavy atom.